The number of halogens is 1. The smallest absolute Gasteiger partial charge is 0.261 e. The SMILES string of the molecule is Cc1ccccc1OCC(=O)N(Cc1ccc(F)cc1)[C@@H](C)C(=O)NC1CCCC1. The first-order valence-corrected chi connectivity index (χ1v) is 10.5. The summed E-state index contributed by atoms with van der Waals surface area (Å²) in [7, 11) is 0. The van der Waals surface area contributed by atoms with Crippen LogP contribution in [0, 0.1) is 12.7 Å². The van der Waals surface area contributed by atoms with Crippen LogP contribution < -0.4 is 10.1 Å². The van der Waals surface area contributed by atoms with E-state index in [1.54, 1.807) is 19.1 Å². The minimum Gasteiger partial charge on any atom is -0.484 e. The molecule has 0 heterocycles. The summed E-state index contributed by atoms with van der Waals surface area (Å²) in [5.41, 5.74) is 1.68. The standard InChI is InChI=1S/C24H29FN2O3/c1-17-7-3-6-10-22(17)30-16-23(28)27(15-19-11-13-20(25)14-12-19)18(2)24(29)26-21-8-4-5-9-21/h3,6-7,10-14,18,21H,4-5,8-9,15-16H2,1-2H3,(H,26,29)/t18-/m0/s1. The number of aryl methyl sites for hydroxylation is 1. The number of rotatable bonds is 8. The van der Waals surface area contributed by atoms with Gasteiger partial charge in [-0.3, -0.25) is 9.59 Å². The molecule has 0 aromatic heterocycles. The third kappa shape index (κ3) is 5.81. The Kier molecular flexibility index (Phi) is 7.44. The number of carbonyl (C=O) groups excluding carboxylic acids is 2. The van der Waals surface area contributed by atoms with E-state index in [0.717, 1.165) is 36.8 Å². The quantitative estimate of drug-likeness (QED) is 0.713. The first kappa shape index (κ1) is 21.8. The Morgan fingerprint density at radius 1 is 1.13 bits per heavy atom. The molecule has 0 radical (unpaired) electrons. The summed E-state index contributed by atoms with van der Waals surface area (Å²) >= 11 is 0. The second-order valence-electron chi connectivity index (χ2n) is 7.87. The lowest BCUT2D eigenvalue weighted by Crippen LogP contribution is -2.50. The average molecular weight is 413 g/mol. The number of para-hydroxylation sites is 1. The molecule has 0 unspecified atom stereocenters. The normalized spacial score (nSPS) is 14.9. The van der Waals surface area contributed by atoms with E-state index in [2.05, 4.69) is 5.32 Å². The summed E-state index contributed by atoms with van der Waals surface area (Å²) in [5, 5.41) is 3.06. The highest BCUT2D eigenvalue weighted by atomic mass is 19.1. The monoisotopic (exact) mass is 412 g/mol. The van der Waals surface area contributed by atoms with Gasteiger partial charge in [0, 0.05) is 12.6 Å². The van der Waals surface area contributed by atoms with E-state index >= 15 is 0 Å². The minimum absolute atomic E-state index is 0.172. The van der Waals surface area contributed by atoms with Gasteiger partial charge in [-0.05, 0) is 56.0 Å². The molecule has 1 atom stereocenters. The molecular formula is C24H29FN2O3. The molecule has 0 aliphatic heterocycles. The molecule has 1 aliphatic rings. The molecule has 2 aromatic rings. The third-order valence-corrected chi connectivity index (χ3v) is 5.58. The van der Waals surface area contributed by atoms with E-state index in [-0.39, 0.29) is 36.8 Å². The first-order valence-electron chi connectivity index (χ1n) is 10.5. The van der Waals surface area contributed by atoms with Crippen LogP contribution >= 0.6 is 0 Å². The molecule has 6 heteroatoms. The Bertz CT molecular complexity index is 863. The van der Waals surface area contributed by atoms with Crippen LogP contribution in [0.4, 0.5) is 4.39 Å². The first-order chi connectivity index (χ1) is 14.4. The second-order valence-corrected chi connectivity index (χ2v) is 7.87. The van der Waals surface area contributed by atoms with Crippen molar-refractivity contribution in [1.29, 1.82) is 0 Å². The van der Waals surface area contributed by atoms with Gasteiger partial charge in [0.2, 0.25) is 5.91 Å². The van der Waals surface area contributed by atoms with Gasteiger partial charge in [-0.1, -0.05) is 43.2 Å². The van der Waals surface area contributed by atoms with Crippen LogP contribution in [0.2, 0.25) is 0 Å². The number of benzene rings is 2. The maximum Gasteiger partial charge on any atom is 0.261 e. The summed E-state index contributed by atoms with van der Waals surface area (Å²) in [5.74, 6) is -0.174. The lowest BCUT2D eigenvalue weighted by atomic mass is 10.1. The molecule has 5 nitrogen and oxygen atoms in total. The predicted octanol–water partition coefficient (Wildman–Crippen LogP) is 3.99. The Labute approximate surface area is 177 Å². The van der Waals surface area contributed by atoms with E-state index < -0.39 is 6.04 Å². The second kappa shape index (κ2) is 10.2. The zero-order valence-corrected chi connectivity index (χ0v) is 17.6. The van der Waals surface area contributed by atoms with Crippen molar-refractivity contribution in [1.82, 2.24) is 10.2 Å². The van der Waals surface area contributed by atoms with Gasteiger partial charge in [0.25, 0.3) is 5.91 Å². The summed E-state index contributed by atoms with van der Waals surface area (Å²) < 4.78 is 19.0. The number of hydrogen-bond donors (Lipinski definition) is 1. The molecule has 1 aliphatic carbocycles. The van der Waals surface area contributed by atoms with Gasteiger partial charge in [0.1, 0.15) is 17.6 Å². The van der Waals surface area contributed by atoms with E-state index in [0.29, 0.717) is 5.75 Å². The minimum atomic E-state index is -0.663. The van der Waals surface area contributed by atoms with Crippen molar-refractivity contribution >= 4 is 11.8 Å². The molecule has 160 valence electrons. The number of amides is 2. The van der Waals surface area contributed by atoms with Crippen molar-refractivity contribution in [3.05, 3.63) is 65.5 Å². The lowest BCUT2D eigenvalue weighted by molar-refractivity contribution is -0.142. The Balaban J connectivity index is 1.71. The van der Waals surface area contributed by atoms with E-state index in [9.17, 15) is 14.0 Å². The Morgan fingerprint density at radius 2 is 1.80 bits per heavy atom. The van der Waals surface area contributed by atoms with Crippen molar-refractivity contribution in [3.63, 3.8) is 0 Å². The maximum absolute atomic E-state index is 13.3. The van der Waals surface area contributed by atoms with Crippen LogP contribution in [-0.4, -0.2) is 35.4 Å². The topological polar surface area (TPSA) is 58.6 Å². The molecule has 2 amide bonds. The van der Waals surface area contributed by atoms with Crippen LogP contribution in [-0.2, 0) is 16.1 Å². The summed E-state index contributed by atoms with van der Waals surface area (Å²) in [6.45, 7) is 3.66. The zero-order chi connectivity index (χ0) is 21.5. The zero-order valence-electron chi connectivity index (χ0n) is 17.6. The molecular weight excluding hydrogens is 383 g/mol. The largest absolute Gasteiger partial charge is 0.484 e. The lowest BCUT2D eigenvalue weighted by Gasteiger charge is -2.29. The van der Waals surface area contributed by atoms with Crippen molar-refractivity contribution in [2.45, 2.75) is 58.2 Å². The van der Waals surface area contributed by atoms with E-state index in [4.69, 9.17) is 4.74 Å². The summed E-state index contributed by atoms with van der Waals surface area (Å²) in [6, 6.07) is 12.9. The molecule has 1 N–H and O–H groups in total. The fourth-order valence-corrected chi connectivity index (χ4v) is 3.70. The van der Waals surface area contributed by atoms with E-state index in [1.807, 2.05) is 31.2 Å². The molecule has 30 heavy (non-hydrogen) atoms. The predicted molar refractivity (Wildman–Crippen MR) is 113 cm³/mol. The van der Waals surface area contributed by atoms with E-state index in [1.165, 1.54) is 17.0 Å². The number of hydrogen-bond acceptors (Lipinski definition) is 3. The fourth-order valence-electron chi connectivity index (χ4n) is 3.70. The molecule has 3 rings (SSSR count). The van der Waals surface area contributed by atoms with Gasteiger partial charge >= 0.3 is 0 Å². The van der Waals surface area contributed by atoms with Gasteiger partial charge in [0.15, 0.2) is 6.61 Å². The maximum atomic E-state index is 13.3. The van der Waals surface area contributed by atoms with Gasteiger partial charge in [-0.2, -0.15) is 0 Å². The van der Waals surface area contributed by atoms with Crippen LogP contribution in [0.15, 0.2) is 48.5 Å². The average Bonchev–Trinajstić information content (AvgIpc) is 3.25. The van der Waals surface area contributed by atoms with Crippen LogP contribution in [0.25, 0.3) is 0 Å². The van der Waals surface area contributed by atoms with Crippen molar-refractivity contribution in [2.75, 3.05) is 6.61 Å². The van der Waals surface area contributed by atoms with Gasteiger partial charge in [-0.25, -0.2) is 4.39 Å². The third-order valence-electron chi connectivity index (χ3n) is 5.58. The Hall–Kier alpha value is -2.89. The number of nitrogens with one attached hydrogen (secondary N) is 1. The Morgan fingerprint density at radius 3 is 2.47 bits per heavy atom. The van der Waals surface area contributed by atoms with Crippen molar-refractivity contribution in [2.24, 2.45) is 0 Å². The molecule has 2 aromatic carbocycles. The van der Waals surface area contributed by atoms with Crippen molar-refractivity contribution in [3.8, 4) is 5.75 Å². The van der Waals surface area contributed by atoms with Gasteiger partial charge in [-0.15, -0.1) is 0 Å². The van der Waals surface area contributed by atoms with Crippen LogP contribution in [0.3, 0.4) is 0 Å². The highest BCUT2D eigenvalue weighted by molar-refractivity contribution is 5.88. The summed E-state index contributed by atoms with van der Waals surface area (Å²) in [4.78, 5) is 27.3. The number of nitrogens with zero attached hydrogens (tertiary/aromatic N) is 1. The van der Waals surface area contributed by atoms with Crippen LogP contribution in [0.5, 0.6) is 5.75 Å². The van der Waals surface area contributed by atoms with Gasteiger partial charge in [0.05, 0.1) is 0 Å². The molecule has 0 spiro atoms. The molecule has 0 bridgehead atoms. The van der Waals surface area contributed by atoms with Crippen LogP contribution in [0.1, 0.15) is 43.7 Å². The van der Waals surface area contributed by atoms with Crippen molar-refractivity contribution < 1.29 is 18.7 Å². The highest BCUT2D eigenvalue weighted by Gasteiger charge is 2.28. The highest BCUT2D eigenvalue weighted by Crippen LogP contribution is 2.19. The fraction of sp³-hybridized carbons (Fsp3) is 0.417. The van der Waals surface area contributed by atoms with Gasteiger partial charge < -0.3 is 15.0 Å². The molecule has 1 saturated carbocycles. The molecule has 1 fully saturated rings. The number of carbonyl (C=O) groups is 2. The molecule has 0 saturated heterocycles. The number of ether oxygens (including phenoxy) is 1. The summed E-state index contributed by atoms with van der Waals surface area (Å²) in [6.07, 6.45) is 4.17.